The number of hydrogen-bond acceptors (Lipinski definition) is 4. The number of nitrogens with one attached hydrogen (secondary N) is 1. The normalized spacial score (nSPS) is 11.2. The van der Waals surface area contributed by atoms with Gasteiger partial charge < -0.3 is 0 Å². The zero-order chi connectivity index (χ0) is 14.5. The smallest absolute Gasteiger partial charge is 0.269 e. The van der Waals surface area contributed by atoms with Crippen LogP contribution in [0.1, 0.15) is 12.5 Å². The number of hydrogen-bond donors (Lipinski definition) is 1. The molecule has 2 rings (SSSR count). The summed E-state index contributed by atoms with van der Waals surface area (Å²) < 4.78 is 12.8. The summed E-state index contributed by atoms with van der Waals surface area (Å²) in [5.74, 6) is -0.301. The molecule has 0 atom stereocenters. The van der Waals surface area contributed by atoms with E-state index in [0.717, 1.165) is 5.56 Å². The predicted octanol–water partition coefficient (Wildman–Crippen LogP) is 3.57. The van der Waals surface area contributed by atoms with Crippen LogP contribution in [0.2, 0.25) is 0 Å². The minimum absolute atomic E-state index is 0.0230. The minimum Gasteiger partial charge on any atom is -0.278 e. The van der Waals surface area contributed by atoms with Gasteiger partial charge in [-0.25, -0.2) is 4.39 Å². The van der Waals surface area contributed by atoms with Crippen molar-refractivity contribution in [2.75, 3.05) is 5.43 Å². The van der Waals surface area contributed by atoms with Gasteiger partial charge in [0.25, 0.3) is 5.69 Å². The highest BCUT2D eigenvalue weighted by atomic mass is 19.1. The lowest BCUT2D eigenvalue weighted by Gasteiger charge is -2.03. The van der Waals surface area contributed by atoms with E-state index in [1.54, 1.807) is 31.2 Å². The van der Waals surface area contributed by atoms with Crippen molar-refractivity contribution < 1.29 is 9.31 Å². The lowest BCUT2D eigenvalue weighted by Crippen LogP contribution is -1.99. The van der Waals surface area contributed by atoms with E-state index in [-0.39, 0.29) is 11.5 Å². The van der Waals surface area contributed by atoms with Gasteiger partial charge in [-0.1, -0.05) is 12.1 Å². The Morgan fingerprint density at radius 2 is 1.75 bits per heavy atom. The standard InChI is InChI=1S/C14H12FN3O2/c1-10(11-2-4-12(15)5-3-11)16-17-13-6-8-14(9-7-13)18(19)20/h2-9,17H,1H3/b16-10-. The van der Waals surface area contributed by atoms with Gasteiger partial charge in [-0.05, 0) is 36.8 Å². The molecular weight excluding hydrogens is 261 g/mol. The van der Waals surface area contributed by atoms with Crippen LogP contribution in [0.4, 0.5) is 15.8 Å². The van der Waals surface area contributed by atoms with Gasteiger partial charge in [-0.15, -0.1) is 0 Å². The monoisotopic (exact) mass is 273 g/mol. The van der Waals surface area contributed by atoms with Gasteiger partial charge in [0, 0.05) is 12.1 Å². The number of halogens is 1. The molecule has 0 aliphatic heterocycles. The summed E-state index contributed by atoms with van der Waals surface area (Å²) in [6, 6.07) is 11.9. The second-order valence-electron chi connectivity index (χ2n) is 4.12. The van der Waals surface area contributed by atoms with Crippen molar-refractivity contribution in [1.29, 1.82) is 0 Å². The number of nitro groups is 1. The maximum Gasteiger partial charge on any atom is 0.269 e. The zero-order valence-electron chi connectivity index (χ0n) is 10.7. The molecule has 0 heterocycles. The Morgan fingerprint density at radius 1 is 1.15 bits per heavy atom. The third-order valence-electron chi connectivity index (χ3n) is 2.69. The predicted molar refractivity (Wildman–Crippen MR) is 75.3 cm³/mol. The van der Waals surface area contributed by atoms with E-state index in [1.165, 1.54) is 24.3 Å². The van der Waals surface area contributed by atoms with Crippen LogP contribution in [-0.2, 0) is 0 Å². The van der Waals surface area contributed by atoms with Crippen LogP contribution in [-0.4, -0.2) is 10.6 Å². The van der Waals surface area contributed by atoms with Crippen LogP contribution in [0.25, 0.3) is 0 Å². The third-order valence-corrected chi connectivity index (χ3v) is 2.69. The van der Waals surface area contributed by atoms with Crippen LogP contribution in [0.5, 0.6) is 0 Å². The van der Waals surface area contributed by atoms with Crippen molar-refractivity contribution in [3.63, 3.8) is 0 Å². The Hall–Kier alpha value is -2.76. The first kappa shape index (κ1) is 13.7. The molecule has 1 N–H and O–H groups in total. The van der Waals surface area contributed by atoms with E-state index in [4.69, 9.17) is 0 Å². The summed E-state index contributed by atoms with van der Waals surface area (Å²) in [5.41, 5.74) is 4.93. The first-order chi connectivity index (χ1) is 9.56. The second-order valence-corrected chi connectivity index (χ2v) is 4.12. The molecular formula is C14H12FN3O2. The van der Waals surface area contributed by atoms with E-state index < -0.39 is 4.92 Å². The van der Waals surface area contributed by atoms with Crippen LogP contribution < -0.4 is 5.43 Å². The Kier molecular flexibility index (Phi) is 4.05. The number of benzene rings is 2. The van der Waals surface area contributed by atoms with Crippen LogP contribution in [0.3, 0.4) is 0 Å². The molecule has 20 heavy (non-hydrogen) atoms. The summed E-state index contributed by atoms with van der Waals surface area (Å²) >= 11 is 0. The van der Waals surface area contributed by atoms with Gasteiger partial charge in [0.2, 0.25) is 0 Å². The molecule has 0 unspecified atom stereocenters. The fraction of sp³-hybridized carbons (Fsp3) is 0.0714. The van der Waals surface area contributed by atoms with E-state index in [9.17, 15) is 14.5 Å². The largest absolute Gasteiger partial charge is 0.278 e. The molecule has 6 heteroatoms. The molecule has 0 bridgehead atoms. The van der Waals surface area contributed by atoms with Gasteiger partial charge in [-0.2, -0.15) is 5.10 Å². The molecule has 102 valence electrons. The lowest BCUT2D eigenvalue weighted by molar-refractivity contribution is -0.384. The summed E-state index contributed by atoms with van der Waals surface area (Å²) in [7, 11) is 0. The van der Waals surface area contributed by atoms with E-state index in [2.05, 4.69) is 10.5 Å². The number of nitrogens with zero attached hydrogens (tertiary/aromatic N) is 2. The minimum atomic E-state index is -0.461. The molecule has 0 radical (unpaired) electrons. The van der Waals surface area contributed by atoms with E-state index >= 15 is 0 Å². The van der Waals surface area contributed by atoms with Crippen LogP contribution >= 0.6 is 0 Å². The lowest BCUT2D eigenvalue weighted by atomic mass is 10.1. The maximum atomic E-state index is 12.8. The Morgan fingerprint density at radius 3 is 2.30 bits per heavy atom. The van der Waals surface area contributed by atoms with Crippen molar-refractivity contribution in [2.45, 2.75) is 6.92 Å². The summed E-state index contributed by atoms with van der Waals surface area (Å²) in [4.78, 5) is 10.1. The number of anilines is 1. The van der Waals surface area contributed by atoms with Gasteiger partial charge in [0.05, 0.1) is 16.3 Å². The topological polar surface area (TPSA) is 67.5 Å². The SMILES string of the molecule is C/C(=N/Nc1ccc([N+](=O)[O-])cc1)c1ccc(F)cc1. The van der Waals surface area contributed by atoms with Crippen molar-refractivity contribution in [2.24, 2.45) is 5.10 Å². The molecule has 0 amide bonds. The van der Waals surface area contributed by atoms with Gasteiger partial charge in [0.1, 0.15) is 5.82 Å². The van der Waals surface area contributed by atoms with Crippen molar-refractivity contribution in [3.05, 3.63) is 70.0 Å². The zero-order valence-corrected chi connectivity index (χ0v) is 10.7. The van der Waals surface area contributed by atoms with Crippen LogP contribution in [0, 0.1) is 15.9 Å². The molecule has 0 saturated heterocycles. The average molecular weight is 273 g/mol. The molecule has 0 fully saturated rings. The Balaban J connectivity index is 2.08. The highest BCUT2D eigenvalue weighted by Crippen LogP contribution is 2.15. The van der Waals surface area contributed by atoms with Crippen LogP contribution in [0.15, 0.2) is 53.6 Å². The molecule has 5 nitrogen and oxygen atoms in total. The quantitative estimate of drug-likeness (QED) is 0.526. The fourth-order valence-electron chi connectivity index (χ4n) is 1.56. The van der Waals surface area contributed by atoms with Gasteiger partial charge in [0.15, 0.2) is 0 Å². The first-order valence-corrected chi connectivity index (χ1v) is 5.87. The molecule has 0 aromatic heterocycles. The van der Waals surface area contributed by atoms with Crippen molar-refractivity contribution in [3.8, 4) is 0 Å². The summed E-state index contributed by atoms with van der Waals surface area (Å²) in [6.45, 7) is 1.78. The fourth-order valence-corrected chi connectivity index (χ4v) is 1.56. The number of rotatable bonds is 4. The number of non-ortho nitro benzene ring substituents is 1. The van der Waals surface area contributed by atoms with Crippen molar-refractivity contribution in [1.82, 2.24) is 0 Å². The third kappa shape index (κ3) is 3.38. The average Bonchev–Trinajstić information content (AvgIpc) is 2.46. The highest BCUT2D eigenvalue weighted by Gasteiger charge is 2.03. The second kappa shape index (κ2) is 5.92. The Labute approximate surface area is 114 Å². The van der Waals surface area contributed by atoms with E-state index in [1.807, 2.05) is 0 Å². The van der Waals surface area contributed by atoms with Crippen molar-refractivity contribution >= 4 is 17.1 Å². The summed E-state index contributed by atoms with van der Waals surface area (Å²) in [5, 5.41) is 14.7. The maximum absolute atomic E-state index is 12.8. The van der Waals surface area contributed by atoms with E-state index in [0.29, 0.717) is 11.4 Å². The van der Waals surface area contributed by atoms with Gasteiger partial charge >= 0.3 is 0 Å². The Bertz CT molecular complexity index is 636. The number of nitro benzene ring substituents is 1. The highest BCUT2D eigenvalue weighted by molar-refractivity contribution is 5.99. The molecule has 0 saturated carbocycles. The molecule has 2 aromatic rings. The molecule has 0 spiro atoms. The molecule has 2 aromatic carbocycles. The number of hydrazone groups is 1. The van der Waals surface area contributed by atoms with Gasteiger partial charge in [-0.3, -0.25) is 15.5 Å². The first-order valence-electron chi connectivity index (χ1n) is 5.87. The summed E-state index contributed by atoms with van der Waals surface area (Å²) in [6.07, 6.45) is 0. The molecule has 0 aliphatic rings. The molecule has 0 aliphatic carbocycles.